The van der Waals surface area contributed by atoms with Crippen molar-refractivity contribution in [2.24, 2.45) is 0 Å². The number of hydrogen-bond acceptors (Lipinski definition) is 4. The molecule has 0 bridgehead atoms. The highest BCUT2D eigenvalue weighted by atomic mass is 35.5. The highest BCUT2D eigenvalue weighted by Crippen LogP contribution is 2.23. The zero-order valence-electron chi connectivity index (χ0n) is 10.8. The van der Waals surface area contributed by atoms with Crippen molar-refractivity contribution < 1.29 is 13.5 Å². The second kappa shape index (κ2) is 6.24. The highest BCUT2D eigenvalue weighted by Gasteiger charge is 2.18. The lowest BCUT2D eigenvalue weighted by Crippen LogP contribution is -2.23. The first kappa shape index (κ1) is 15.5. The van der Waals surface area contributed by atoms with Gasteiger partial charge in [0.15, 0.2) is 0 Å². The van der Waals surface area contributed by atoms with Gasteiger partial charge in [-0.15, -0.1) is 11.3 Å². The van der Waals surface area contributed by atoms with E-state index in [2.05, 4.69) is 4.72 Å². The van der Waals surface area contributed by atoms with Gasteiger partial charge in [-0.25, -0.2) is 13.1 Å². The van der Waals surface area contributed by atoms with Crippen LogP contribution in [0, 0.1) is 6.92 Å². The third-order valence-corrected chi connectivity index (χ3v) is 5.70. The maximum absolute atomic E-state index is 12.3. The Morgan fingerprint density at radius 1 is 1.30 bits per heavy atom. The van der Waals surface area contributed by atoms with Crippen LogP contribution in [-0.4, -0.2) is 13.5 Å². The number of benzene rings is 1. The monoisotopic (exact) mass is 331 g/mol. The fourth-order valence-electron chi connectivity index (χ4n) is 1.81. The molecule has 108 valence electrons. The Morgan fingerprint density at radius 3 is 2.65 bits per heavy atom. The number of aliphatic hydroxyl groups excluding tert-OH is 1. The Hall–Kier alpha value is -0.920. The quantitative estimate of drug-likeness (QED) is 0.885. The molecule has 0 unspecified atom stereocenters. The first-order valence-corrected chi connectivity index (χ1v) is 8.55. The summed E-state index contributed by atoms with van der Waals surface area (Å²) in [6.07, 6.45) is 0. The van der Waals surface area contributed by atoms with Crippen molar-refractivity contribution in [3.05, 3.63) is 50.7 Å². The van der Waals surface area contributed by atoms with Crippen LogP contribution < -0.4 is 4.72 Å². The highest BCUT2D eigenvalue weighted by molar-refractivity contribution is 7.89. The molecule has 1 aromatic carbocycles. The lowest BCUT2D eigenvalue weighted by atomic mass is 10.1. The minimum Gasteiger partial charge on any atom is -0.392 e. The van der Waals surface area contributed by atoms with Crippen molar-refractivity contribution in [1.82, 2.24) is 4.72 Å². The molecule has 0 fully saturated rings. The summed E-state index contributed by atoms with van der Waals surface area (Å²) in [7, 11) is -3.61. The fraction of sp³-hybridized carbons (Fsp3) is 0.231. The number of aliphatic hydroxyl groups is 1. The van der Waals surface area contributed by atoms with Gasteiger partial charge in [0.1, 0.15) is 0 Å². The summed E-state index contributed by atoms with van der Waals surface area (Å²) in [6.45, 7) is 1.69. The van der Waals surface area contributed by atoms with Crippen molar-refractivity contribution in [2.45, 2.75) is 25.0 Å². The van der Waals surface area contributed by atoms with E-state index < -0.39 is 10.0 Å². The maximum atomic E-state index is 12.3. The molecule has 2 rings (SSSR count). The van der Waals surface area contributed by atoms with Gasteiger partial charge in [-0.2, -0.15) is 0 Å². The van der Waals surface area contributed by atoms with E-state index in [4.69, 9.17) is 11.6 Å². The van der Waals surface area contributed by atoms with Gasteiger partial charge >= 0.3 is 0 Å². The zero-order chi connectivity index (χ0) is 14.8. The lowest BCUT2D eigenvalue weighted by molar-refractivity contribution is 0.280. The zero-order valence-corrected chi connectivity index (χ0v) is 13.1. The number of rotatable bonds is 5. The predicted molar refractivity (Wildman–Crippen MR) is 80.5 cm³/mol. The van der Waals surface area contributed by atoms with Crippen LogP contribution in [0.2, 0.25) is 4.34 Å². The van der Waals surface area contributed by atoms with Gasteiger partial charge in [-0.05, 0) is 36.2 Å². The normalized spacial score (nSPS) is 11.8. The van der Waals surface area contributed by atoms with Gasteiger partial charge in [0.05, 0.1) is 15.8 Å². The number of thiophene rings is 1. The topological polar surface area (TPSA) is 66.4 Å². The summed E-state index contributed by atoms with van der Waals surface area (Å²) in [4.78, 5) is 1.03. The Morgan fingerprint density at radius 2 is 2.05 bits per heavy atom. The molecule has 20 heavy (non-hydrogen) atoms. The molecule has 0 radical (unpaired) electrons. The second-order valence-electron chi connectivity index (χ2n) is 4.23. The molecular weight excluding hydrogens is 318 g/mol. The molecule has 0 aliphatic carbocycles. The van der Waals surface area contributed by atoms with E-state index in [1.54, 1.807) is 31.2 Å². The summed E-state index contributed by atoms with van der Waals surface area (Å²) in [5.74, 6) is 0. The van der Waals surface area contributed by atoms with Crippen LogP contribution >= 0.6 is 22.9 Å². The molecule has 7 heteroatoms. The Kier molecular flexibility index (Phi) is 4.82. The maximum Gasteiger partial charge on any atom is 0.241 e. The Labute approximate surface area is 127 Å². The molecule has 0 amide bonds. The predicted octanol–water partition coefficient (Wildman–Crippen LogP) is 2.68. The van der Waals surface area contributed by atoms with E-state index >= 15 is 0 Å². The van der Waals surface area contributed by atoms with Crippen molar-refractivity contribution >= 4 is 33.0 Å². The van der Waals surface area contributed by atoms with E-state index in [9.17, 15) is 13.5 Å². The standard InChI is InChI=1S/C13H14ClNO3S2/c1-9-10(8-16)3-2-4-12(9)20(17,18)15-7-11-5-6-13(14)19-11/h2-6,15-16H,7-8H2,1H3. The van der Waals surface area contributed by atoms with E-state index in [0.29, 0.717) is 15.5 Å². The summed E-state index contributed by atoms with van der Waals surface area (Å²) in [5.41, 5.74) is 1.17. The van der Waals surface area contributed by atoms with Crippen LogP contribution in [-0.2, 0) is 23.2 Å². The molecule has 2 aromatic rings. The number of hydrogen-bond donors (Lipinski definition) is 2. The molecule has 0 spiro atoms. The van der Waals surface area contributed by atoms with Crippen LogP contribution in [0.5, 0.6) is 0 Å². The molecule has 2 N–H and O–H groups in total. The third kappa shape index (κ3) is 3.39. The van der Waals surface area contributed by atoms with Crippen LogP contribution in [0.25, 0.3) is 0 Å². The lowest BCUT2D eigenvalue weighted by Gasteiger charge is -2.11. The summed E-state index contributed by atoms with van der Waals surface area (Å²) >= 11 is 7.14. The van der Waals surface area contributed by atoms with Crippen molar-refractivity contribution in [3.8, 4) is 0 Å². The summed E-state index contributed by atoms with van der Waals surface area (Å²) < 4.78 is 27.7. The summed E-state index contributed by atoms with van der Waals surface area (Å²) in [6, 6.07) is 8.36. The molecule has 0 saturated heterocycles. The van der Waals surface area contributed by atoms with E-state index in [1.807, 2.05) is 0 Å². The first-order chi connectivity index (χ1) is 9.44. The molecule has 0 aliphatic heterocycles. The SMILES string of the molecule is Cc1c(CO)cccc1S(=O)(=O)NCc1ccc(Cl)s1. The Bertz CT molecular complexity index is 710. The minimum absolute atomic E-state index is 0.185. The van der Waals surface area contributed by atoms with Crippen molar-refractivity contribution in [2.75, 3.05) is 0 Å². The Balaban J connectivity index is 2.22. The third-order valence-electron chi connectivity index (χ3n) is 2.92. The molecular formula is C13H14ClNO3S2. The van der Waals surface area contributed by atoms with Crippen LogP contribution in [0.3, 0.4) is 0 Å². The largest absolute Gasteiger partial charge is 0.392 e. The van der Waals surface area contributed by atoms with Crippen molar-refractivity contribution in [3.63, 3.8) is 0 Å². The van der Waals surface area contributed by atoms with Gasteiger partial charge < -0.3 is 5.11 Å². The average Bonchev–Trinajstić information content (AvgIpc) is 2.82. The molecule has 0 atom stereocenters. The molecule has 1 heterocycles. The van der Waals surface area contributed by atoms with Crippen LogP contribution in [0.4, 0.5) is 0 Å². The van der Waals surface area contributed by atoms with Gasteiger partial charge in [-0.1, -0.05) is 23.7 Å². The van der Waals surface area contributed by atoms with Gasteiger partial charge in [-0.3, -0.25) is 0 Å². The number of sulfonamides is 1. The molecule has 4 nitrogen and oxygen atoms in total. The average molecular weight is 332 g/mol. The van der Waals surface area contributed by atoms with Gasteiger partial charge in [0.25, 0.3) is 0 Å². The summed E-state index contributed by atoms with van der Waals surface area (Å²) in [5, 5.41) is 9.19. The fourth-order valence-corrected chi connectivity index (χ4v) is 4.22. The number of nitrogens with one attached hydrogen (secondary N) is 1. The molecule has 0 saturated carbocycles. The van der Waals surface area contributed by atoms with E-state index in [1.165, 1.54) is 17.4 Å². The van der Waals surface area contributed by atoms with Crippen molar-refractivity contribution in [1.29, 1.82) is 0 Å². The number of halogens is 1. The van der Waals surface area contributed by atoms with E-state index in [-0.39, 0.29) is 18.0 Å². The van der Waals surface area contributed by atoms with Gasteiger partial charge in [0, 0.05) is 11.4 Å². The molecule has 0 aliphatic rings. The second-order valence-corrected chi connectivity index (χ2v) is 7.76. The minimum atomic E-state index is -3.61. The first-order valence-electron chi connectivity index (χ1n) is 5.87. The van der Waals surface area contributed by atoms with Crippen LogP contribution in [0.1, 0.15) is 16.0 Å². The molecule has 1 aromatic heterocycles. The van der Waals surface area contributed by atoms with Crippen LogP contribution in [0.15, 0.2) is 35.2 Å². The smallest absolute Gasteiger partial charge is 0.241 e. The van der Waals surface area contributed by atoms with E-state index in [0.717, 1.165) is 4.88 Å². The van der Waals surface area contributed by atoms with Gasteiger partial charge in [0.2, 0.25) is 10.0 Å².